The number of benzene rings is 1. The Morgan fingerprint density at radius 3 is 2.00 bits per heavy atom. The first-order valence-corrected chi connectivity index (χ1v) is 7.64. The second-order valence-electron chi connectivity index (χ2n) is 6.28. The molecule has 1 rings (SSSR count). The van der Waals surface area contributed by atoms with E-state index in [9.17, 15) is 14.4 Å². The van der Waals surface area contributed by atoms with E-state index in [2.05, 4.69) is 10.6 Å². The standard InChI is InChI=1S/C17H24N2O6/c1-10(14(20)18-16(22)19-17(2,3)4)25-15(21)13-11(23-5)8-7-9-12(13)24-6/h7-10H,1-6H3,(H2,18,19,20,22). The van der Waals surface area contributed by atoms with Crippen LogP contribution in [0.25, 0.3) is 0 Å². The van der Waals surface area contributed by atoms with E-state index >= 15 is 0 Å². The highest BCUT2D eigenvalue weighted by molar-refractivity contribution is 6.00. The van der Waals surface area contributed by atoms with Gasteiger partial charge in [0.25, 0.3) is 5.91 Å². The Labute approximate surface area is 146 Å². The Hall–Kier alpha value is -2.77. The fourth-order valence-corrected chi connectivity index (χ4v) is 1.91. The zero-order chi connectivity index (χ0) is 19.2. The number of hydrogen-bond acceptors (Lipinski definition) is 6. The van der Waals surface area contributed by atoms with Gasteiger partial charge < -0.3 is 19.5 Å². The van der Waals surface area contributed by atoms with Gasteiger partial charge in [0.2, 0.25) is 0 Å². The number of imide groups is 1. The van der Waals surface area contributed by atoms with Crippen LogP contribution >= 0.6 is 0 Å². The lowest BCUT2D eigenvalue weighted by atomic mass is 10.1. The summed E-state index contributed by atoms with van der Waals surface area (Å²) < 4.78 is 15.4. The van der Waals surface area contributed by atoms with Gasteiger partial charge in [-0.1, -0.05) is 6.07 Å². The van der Waals surface area contributed by atoms with Crippen LogP contribution in [0.4, 0.5) is 4.79 Å². The van der Waals surface area contributed by atoms with E-state index < -0.39 is 29.6 Å². The zero-order valence-corrected chi connectivity index (χ0v) is 15.3. The highest BCUT2D eigenvalue weighted by Crippen LogP contribution is 2.29. The van der Waals surface area contributed by atoms with Crippen LogP contribution in [-0.4, -0.2) is 43.8 Å². The molecule has 0 bridgehead atoms. The van der Waals surface area contributed by atoms with Crippen molar-refractivity contribution in [2.24, 2.45) is 0 Å². The summed E-state index contributed by atoms with van der Waals surface area (Å²) in [5, 5.41) is 4.70. The summed E-state index contributed by atoms with van der Waals surface area (Å²) in [6.07, 6.45) is -1.19. The molecule has 0 spiro atoms. The first kappa shape index (κ1) is 20.3. The van der Waals surface area contributed by atoms with Crippen LogP contribution in [0.5, 0.6) is 11.5 Å². The molecule has 3 amide bonds. The summed E-state index contributed by atoms with van der Waals surface area (Å²) >= 11 is 0. The first-order valence-electron chi connectivity index (χ1n) is 7.64. The molecule has 0 aliphatic heterocycles. The summed E-state index contributed by atoms with van der Waals surface area (Å²) in [5.74, 6) is -1.04. The third-order valence-electron chi connectivity index (χ3n) is 3.01. The molecular formula is C17H24N2O6. The maximum Gasteiger partial charge on any atom is 0.346 e. The van der Waals surface area contributed by atoms with Crippen LogP contribution in [0, 0.1) is 0 Å². The van der Waals surface area contributed by atoms with Gasteiger partial charge in [0.05, 0.1) is 14.2 Å². The molecule has 1 unspecified atom stereocenters. The lowest BCUT2D eigenvalue weighted by Crippen LogP contribution is -2.50. The maximum atomic E-state index is 12.4. The summed E-state index contributed by atoms with van der Waals surface area (Å²) in [6.45, 7) is 6.68. The van der Waals surface area contributed by atoms with Gasteiger partial charge in [0.1, 0.15) is 17.1 Å². The number of esters is 1. The minimum Gasteiger partial charge on any atom is -0.496 e. The van der Waals surface area contributed by atoms with Crippen LogP contribution in [0.1, 0.15) is 38.1 Å². The van der Waals surface area contributed by atoms with Crippen LogP contribution in [0.3, 0.4) is 0 Å². The van der Waals surface area contributed by atoms with Crippen LogP contribution < -0.4 is 20.1 Å². The largest absolute Gasteiger partial charge is 0.496 e. The maximum absolute atomic E-state index is 12.4. The Morgan fingerprint density at radius 1 is 1.04 bits per heavy atom. The Balaban J connectivity index is 2.80. The van der Waals surface area contributed by atoms with Crippen molar-refractivity contribution >= 4 is 17.9 Å². The topological polar surface area (TPSA) is 103 Å². The monoisotopic (exact) mass is 352 g/mol. The lowest BCUT2D eigenvalue weighted by molar-refractivity contribution is -0.127. The van der Waals surface area contributed by atoms with E-state index in [0.29, 0.717) is 0 Å². The second kappa shape index (κ2) is 8.36. The molecule has 1 aromatic rings. The lowest BCUT2D eigenvalue weighted by Gasteiger charge is -2.21. The predicted molar refractivity (Wildman–Crippen MR) is 90.9 cm³/mol. The van der Waals surface area contributed by atoms with Gasteiger partial charge >= 0.3 is 12.0 Å². The number of carbonyl (C=O) groups excluding carboxylic acids is 3. The average Bonchev–Trinajstić information content (AvgIpc) is 2.51. The molecule has 0 aromatic heterocycles. The quantitative estimate of drug-likeness (QED) is 0.784. The molecule has 0 fully saturated rings. The molecule has 0 aliphatic rings. The molecule has 0 heterocycles. The number of methoxy groups -OCH3 is 2. The number of hydrogen-bond donors (Lipinski definition) is 2. The molecule has 1 atom stereocenters. The van der Waals surface area contributed by atoms with Crippen LogP contribution in [0.15, 0.2) is 18.2 Å². The Morgan fingerprint density at radius 2 is 1.56 bits per heavy atom. The van der Waals surface area contributed by atoms with Crippen molar-refractivity contribution in [2.45, 2.75) is 39.3 Å². The molecule has 2 N–H and O–H groups in total. The number of nitrogens with one attached hydrogen (secondary N) is 2. The third kappa shape index (κ3) is 5.98. The van der Waals surface area contributed by atoms with Crippen molar-refractivity contribution < 1.29 is 28.6 Å². The number of ether oxygens (including phenoxy) is 3. The summed E-state index contributed by atoms with van der Waals surface area (Å²) in [4.78, 5) is 36.1. The summed E-state index contributed by atoms with van der Waals surface area (Å²) in [6, 6.07) is 4.12. The third-order valence-corrected chi connectivity index (χ3v) is 3.01. The first-order chi connectivity index (χ1) is 11.6. The summed E-state index contributed by atoms with van der Waals surface area (Å²) in [7, 11) is 2.80. The molecule has 0 saturated carbocycles. The Kier molecular flexibility index (Phi) is 6.78. The van der Waals surface area contributed by atoms with Crippen LogP contribution in [-0.2, 0) is 9.53 Å². The van der Waals surface area contributed by atoms with E-state index in [0.717, 1.165) is 0 Å². The van der Waals surface area contributed by atoms with Crippen molar-refractivity contribution in [3.63, 3.8) is 0 Å². The Bertz CT molecular complexity index is 629. The van der Waals surface area contributed by atoms with Gasteiger partial charge in [0.15, 0.2) is 6.10 Å². The molecule has 0 radical (unpaired) electrons. The minimum absolute atomic E-state index is 0.0614. The second-order valence-corrected chi connectivity index (χ2v) is 6.28. The van der Waals surface area contributed by atoms with Crippen molar-refractivity contribution in [2.75, 3.05) is 14.2 Å². The normalized spacial score (nSPS) is 11.9. The van der Waals surface area contributed by atoms with Gasteiger partial charge in [-0.2, -0.15) is 0 Å². The van der Waals surface area contributed by atoms with Gasteiger partial charge in [-0.25, -0.2) is 9.59 Å². The molecule has 8 nitrogen and oxygen atoms in total. The molecule has 138 valence electrons. The van der Waals surface area contributed by atoms with E-state index in [-0.39, 0.29) is 17.1 Å². The SMILES string of the molecule is COc1cccc(OC)c1C(=O)OC(C)C(=O)NC(=O)NC(C)(C)C. The molecular weight excluding hydrogens is 328 g/mol. The van der Waals surface area contributed by atoms with Gasteiger partial charge in [-0.05, 0) is 39.8 Å². The van der Waals surface area contributed by atoms with Gasteiger partial charge in [0, 0.05) is 5.54 Å². The number of rotatable bonds is 5. The fourth-order valence-electron chi connectivity index (χ4n) is 1.91. The molecule has 0 aliphatic carbocycles. The highest BCUT2D eigenvalue weighted by Gasteiger charge is 2.26. The smallest absolute Gasteiger partial charge is 0.346 e. The van der Waals surface area contributed by atoms with E-state index in [1.165, 1.54) is 21.1 Å². The van der Waals surface area contributed by atoms with Crippen molar-refractivity contribution in [3.8, 4) is 11.5 Å². The number of carbonyl (C=O) groups is 3. The van der Waals surface area contributed by atoms with E-state index in [1.807, 2.05) is 0 Å². The number of amides is 3. The van der Waals surface area contributed by atoms with E-state index in [1.54, 1.807) is 39.0 Å². The van der Waals surface area contributed by atoms with Crippen molar-refractivity contribution in [3.05, 3.63) is 23.8 Å². The van der Waals surface area contributed by atoms with Crippen molar-refractivity contribution in [1.29, 1.82) is 0 Å². The minimum atomic E-state index is -1.19. The fraction of sp³-hybridized carbons (Fsp3) is 0.471. The highest BCUT2D eigenvalue weighted by atomic mass is 16.6. The molecule has 8 heteroatoms. The van der Waals surface area contributed by atoms with Gasteiger partial charge in [-0.3, -0.25) is 10.1 Å². The zero-order valence-electron chi connectivity index (χ0n) is 15.3. The predicted octanol–water partition coefficient (Wildman–Crippen LogP) is 1.87. The average molecular weight is 352 g/mol. The van der Waals surface area contributed by atoms with Crippen molar-refractivity contribution in [1.82, 2.24) is 10.6 Å². The molecule has 1 aromatic carbocycles. The van der Waals surface area contributed by atoms with E-state index in [4.69, 9.17) is 14.2 Å². The van der Waals surface area contributed by atoms with Crippen LogP contribution in [0.2, 0.25) is 0 Å². The molecule has 0 saturated heterocycles. The molecule has 25 heavy (non-hydrogen) atoms. The summed E-state index contributed by atoms with van der Waals surface area (Å²) in [5.41, 5.74) is -0.444. The van der Waals surface area contributed by atoms with Gasteiger partial charge in [-0.15, -0.1) is 0 Å². The number of urea groups is 1.